The summed E-state index contributed by atoms with van der Waals surface area (Å²) >= 11 is 0. The molecular weight excluding hydrogens is 326 g/mol. The molecule has 0 aliphatic carbocycles. The summed E-state index contributed by atoms with van der Waals surface area (Å²) in [6, 6.07) is 5.64. The predicted molar refractivity (Wildman–Crippen MR) is 102 cm³/mol. The van der Waals surface area contributed by atoms with E-state index in [-0.39, 0.29) is 17.9 Å². The molecule has 1 amide bonds. The number of hydrogen-bond donors (Lipinski definition) is 1. The summed E-state index contributed by atoms with van der Waals surface area (Å²) < 4.78 is 1.70. The number of benzene rings is 1. The fourth-order valence-electron chi connectivity index (χ4n) is 3.18. The fraction of sp³-hybridized carbons (Fsp3) is 0.400. The van der Waals surface area contributed by atoms with Crippen molar-refractivity contribution in [3.8, 4) is 0 Å². The maximum Gasteiger partial charge on any atom is 0.252 e. The van der Waals surface area contributed by atoms with E-state index in [0.717, 1.165) is 28.0 Å². The lowest BCUT2D eigenvalue weighted by molar-refractivity contribution is 0.0923. The molecule has 0 aliphatic rings. The summed E-state index contributed by atoms with van der Waals surface area (Å²) in [6.45, 7) is 10.1. The van der Waals surface area contributed by atoms with Crippen molar-refractivity contribution < 1.29 is 4.79 Å². The lowest BCUT2D eigenvalue weighted by Gasteiger charge is -2.22. The highest BCUT2D eigenvalue weighted by atomic mass is 16.1. The zero-order valence-electron chi connectivity index (χ0n) is 16.2. The van der Waals surface area contributed by atoms with Gasteiger partial charge in [0.2, 0.25) is 0 Å². The Balaban J connectivity index is 2.05. The number of carbonyl (C=O) groups is 1. The molecule has 3 rings (SSSR count). The second-order valence-corrected chi connectivity index (χ2v) is 7.15. The molecule has 2 heterocycles. The van der Waals surface area contributed by atoms with Crippen LogP contribution in [0.15, 0.2) is 24.5 Å². The van der Waals surface area contributed by atoms with Gasteiger partial charge in [-0.25, -0.2) is 4.98 Å². The summed E-state index contributed by atoms with van der Waals surface area (Å²) in [5, 5.41) is 8.14. The van der Waals surface area contributed by atoms with E-state index >= 15 is 0 Å². The average molecular weight is 351 g/mol. The number of nitrogens with zero attached hydrogens (tertiary/aromatic N) is 4. The molecule has 0 radical (unpaired) electrons. The molecule has 26 heavy (non-hydrogen) atoms. The van der Waals surface area contributed by atoms with Gasteiger partial charge in [-0.1, -0.05) is 26.0 Å². The van der Waals surface area contributed by atoms with Crippen LogP contribution in [-0.2, 0) is 7.05 Å². The number of aryl methyl sites for hydroxylation is 4. The van der Waals surface area contributed by atoms with E-state index in [9.17, 15) is 4.79 Å². The summed E-state index contributed by atoms with van der Waals surface area (Å²) in [4.78, 5) is 22.1. The monoisotopic (exact) mass is 351 g/mol. The van der Waals surface area contributed by atoms with Gasteiger partial charge in [0.1, 0.15) is 12.2 Å². The zero-order valence-corrected chi connectivity index (χ0v) is 16.2. The quantitative estimate of drug-likeness (QED) is 0.782. The van der Waals surface area contributed by atoms with E-state index in [0.29, 0.717) is 5.56 Å². The van der Waals surface area contributed by atoms with Gasteiger partial charge in [0.05, 0.1) is 17.1 Å². The van der Waals surface area contributed by atoms with Gasteiger partial charge in [-0.2, -0.15) is 5.10 Å². The third kappa shape index (κ3) is 3.19. The molecule has 1 aromatic carbocycles. The number of pyridine rings is 1. The Bertz CT molecular complexity index is 974. The van der Waals surface area contributed by atoms with E-state index in [2.05, 4.69) is 41.2 Å². The van der Waals surface area contributed by atoms with E-state index in [1.807, 2.05) is 39.1 Å². The summed E-state index contributed by atoms with van der Waals surface area (Å²) in [5.74, 6) is 0.806. The van der Waals surface area contributed by atoms with Crippen LogP contribution < -0.4 is 5.32 Å². The molecular formula is C20H25N5O. The smallest absolute Gasteiger partial charge is 0.252 e. The highest BCUT2D eigenvalue weighted by molar-refractivity contribution is 6.07. The molecule has 0 spiro atoms. The molecule has 0 bridgehead atoms. The second-order valence-electron chi connectivity index (χ2n) is 7.15. The number of fused-ring (bicyclic) bond motifs is 1. The molecule has 2 aromatic heterocycles. The van der Waals surface area contributed by atoms with Gasteiger partial charge in [0, 0.05) is 18.1 Å². The van der Waals surface area contributed by atoms with Crippen LogP contribution in [0.1, 0.15) is 52.9 Å². The first-order valence-corrected chi connectivity index (χ1v) is 8.82. The molecule has 3 aromatic rings. The Labute approximate surface area is 153 Å². The topological polar surface area (TPSA) is 72.7 Å². The molecule has 6 nitrogen and oxygen atoms in total. The highest BCUT2D eigenvalue weighted by Gasteiger charge is 2.24. The molecule has 1 unspecified atom stereocenters. The minimum absolute atomic E-state index is 0.120. The second kappa shape index (κ2) is 6.86. The normalized spacial score (nSPS) is 12.6. The van der Waals surface area contributed by atoms with Gasteiger partial charge in [0.15, 0.2) is 0 Å². The number of amides is 1. The van der Waals surface area contributed by atoms with Crippen LogP contribution in [0, 0.1) is 26.7 Å². The standard InChI is InChI=1S/C20H25N5O/c1-11(2)17(19-21-10-22-25(19)6)24-20(26)16-9-13(4)23-18-14(5)12(3)7-8-15(16)18/h7-11,17H,1-6H3,(H,24,26). The SMILES string of the molecule is Cc1cc(C(=O)NC(c2ncnn2C)C(C)C)c2ccc(C)c(C)c2n1. The fourth-order valence-corrected chi connectivity index (χ4v) is 3.18. The van der Waals surface area contributed by atoms with Gasteiger partial charge < -0.3 is 5.32 Å². The van der Waals surface area contributed by atoms with Crippen molar-refractivity contribution in [3.05, 3.63) is 52.7 Å². The predicted octanol–water partition coefficient (Wildman–Crippen LogP) is 3.42. The Morgan fingerprint density at radius 1 is 1.19 bits per heavy atom. The molecule has 0 saturated heterocycles. The van der Waals surface area contributed by atoms with Gasteiger partial charge in [-0.05, 0) is 43.9 Å². The summed E-state index contributed by atoms with van der Waals surface area (Å²) in [6.07, 6.45) is 1.51. The number of nitrogens with one attached hydrogen (secondary N) is 1. The Morgan fingerprint density at radius 3 is 2.54 bits per heavy atom. The maximum atomic E-state index is 13.1. The molecule has 1 atom stereocenters. The largest absolute Gasteiger partial charge is 0.342 e. The van der Waals surface area contributed by atoms with Crippen molar-refractivity contribution in [2.75, 3.05) is 0 Å². The molecule has 0 saturated carbocycles. The van der Waals surface area contributed by atoms with Crippen LogP contribution in [0.4, 0.5) is 0 Å². The van der Waals surface area contributed by atoms with E-state index in [1.165, 1.54) is 11.9 Å². The molecule has 6 heteroatoms. The Hall–Kier alpha value is -2.76. The number of aromatic nitrogens is 4. The zero-order chi connectivity index (χ0) is 19.0. The van der Waals surface area contributed by atoms with Crippen LogP contribution in [0.25, 0.3) is 10.9 Å². The van der Waals surface area contributed by atoms with Crippen molar-refractivity contribution in [2.24, 2.45) is 13.0 Å². The van der Waals surface area contributed by atoms with Crippen LogP contribution in [0.2, 0.25) is 0 Å². The number of hydrogen-bond acceptors (Lipinski definition) is 4. The third-order valence-electron chi connectivity index (χ3n) is 4.86. The lowest BCUT2D eigenvalue weighted by atomic mass is 9.99. The summed E-state index contributed by atoms with van der Waals surface area (Å²) in [7, 11) is 1.84. The van der Waals surface area contributed by atoms with Gasteiger partial charge in [-0.15, -0.1) is 0 Å². The average Bonchev–Trinajstić information content (AvgIpc) is 3.01. The minimum atomic E-state index is -0.218. The van der Waals surface area contributed by atoms with Crippen molar-refractivity contribution in [3.63, 3.8) is 0 Å². The van der Waals surface area contributed by atoms with Crippen molar-refractivity contribution in [1.29, 1.82) is 0 Å². The van der Waals surface area contributed by atoms with Crippen LogP contribution in [0.5, 0.6) is 0 Å². The highest BCUT2D eigenvalue weighted by Crippen LogP contribution is 2.25. The van der Waals surface area contributed by atoms with Crippen LogP contribution in [-0.4, -0.2) is 25.7 Å². The number of carbonyl (C=O) groups excluding carboxylic acids is 1. The molecule has 0 fully saturated rings. The number of rotatable bonds is 4. The van der Waals surface area contributed by atoms with E-state index in [4.69, 9.17) is 0 Å². The van der Waals surface area contributed by atoms with Crippen molar-refractivity contribution in [1.82, 2.24) is 25.1 Å². The van der Waals surface area contributed by atoms with Crippen molar-refractivity contribution in [2.45, 2.75) is 40.7 Å². The first-order valence-electron chi connectivity index (χ1n) is 8.82. The van der Waals surface area contributed by atoms with E-state index in [1.54, 1.807) is 4.68 Å². The first kappa shape index (κ1) is 18.0. The van der Waals surface area contributed by atoms with Gasteiger partial charge in [-0.3, -0.25) is 14.5 Å². The Morgan fingerprint density at radius 2 is 1.92 bits per heavy atom. The first-order chi connectivity index (χ1) is 12.3. The van der Waals surface area contributed by atoms with Crippen LogP contribution >= 0.6 is 0 Å². The third-order valence-corrected chi connectivity index (χ3v) is 4.86. The van der Waals surface area contributed by atoms with Crippen LogP contribution in [0.3, 0.4) is 0 Å². The maximum absolute atomic E-state index is 13.1. The molecule has 0 aliphatic heterocycles. The minimum Gasteiger partial charge on any atom is -0.342 e. The van der Waals surface area contributed by atoms with E-state index < -0.39 is 0 Å². The Kier molecular flexibility index (Phi) is 4.76. The van der Waals surface area contributed by atoms with Gasteiger partial charge >= 0.3 is 0 Å². The molecule has 1 N–H and O–H groups in total. The molecule has 136 valence electrons. The van der Waals surface area contributed by atoms with Gasteiger partial charge in [0.25, 0.3) is 5.91 Å². The van der Waals surface area contributed by atoms with Crippen molar-refractivity contribution >= 4 is 16.8 Å². The summed E-state index contributed by atoms with van der Waals surface area (Å²) in [5.41, 5.74) is 4.63. The lowest BCUT2D eigenvalue weighted by Crippen LogP contribution is -2.33.